The molecule has 0 radical (unpaired) electrons. The van der Waals surface area contributed by atoms with E-state index < -0.39 is 0 Å². The van der Waals surface area contributed by atoms with Crippen molar-refractivity contribution in [1.82, 2.24) is 0 Å². The topological polar surface area (TPSA) is 15.7 Å². The Hall–Kier alpha value is -4.08. The van der Waals surface area contributed by atoms with Gasteiger partial charge in [-0.25, -0.2) is 0 Å². The molecule has 0 spiro atoms. The molecule has 0 saturated heterocycles. The Morgan fingerprint density at radius 2 is 1.18 bits per heavy atom. The summed E-state index contributed by atoms with van der Waals surface area (Å²) >= 11 is 0. The van der Waals surface area contributed by atoms with Crippen LogP contribution in [0.15, 0.2) is 133 Å². The summed E-state index contributed by atoms with van der Waals surface area (Å²) in [5, 5.41) is 0. The molecular formula is C36H38N2O. The molecule has 0 saturated carbocycles. The molecule has 0 amide bonds. The van der Waals surface area contributed by atoms with Gasteiger partial charge in [0.25, 0.3) is 0 Å². The van der Waals surface area contributed by atoms with Crippen molar-refractivity contribution in [3.05, 3.63) is 155 Å². The first-order chi connectivity index (χ1) is 19.0. The summed E-state index contributed by atoms with van der Waals surface area (Å²) in [5.41, 5.74) is 8.28. The van der Waals surface area contributed by atoms with E-state index in [0.717, 1.165) is 6.42 Å². The number of anilines is 2. The Morgan fingerprint density at radius 1 is 0.667 bits per heavy atom. The predicted octanol–water partition coefficient (Wildman–Crippen LogP) is 7.95. The van der Waals surface area contributed by atoms with Crippen LogP contribution in [0.1, 0.15) is 34.8 Å². The number of hydrogen-bond acceptors (Lipinski definition) is 3. The number of hydrogen-bond donors (Lipinski definition) is 0. The van der Waals surface area contributed by atoms with Crippen LogP contribution in [0.4, 0.5) is 11.4 Å². The minimum Gasteiger partial charge on any atom is -0.377 e. The third-order valence-electron chi connectivity index (χ3n) is 7.62. The van der Waals surface area contributed by atoms with Gasteiger partial charge in [0, 0.05) is 45.0 Å². The van der Waals surface area contributed by atoms with Gasteiger partial charge in [-0.2, -0.15) is 0 Å². The second-order valence-electron chi connectivity index (χ2n) is 10.6. The van der Waals surface area contributed by atoms with Crippen LogP contribution in [0.2, 0.25) is 0 Å². The van der Waals surface area contributed by atoms with Crippen molar-refractivity contribution in [2.75, 3.05) is 38.0 Å². The van der Waals surface area contributed by atoms with E-state index in [9.17, 15) is 0 Å². The number of nitrogens with zero attached hydrogens (tertiary/aromatic N) is 2. The monoisotopic (exact) mass is 514 g/mol. The third kappa shape index (κ3) is 5.55. The van der Waals surface area contributed by atoms with Gasteiger partial charge < -0.3 is 14.5 Å². The van der Waals surface area contributed by atoms with Crippen LogP contribution in [0.3, 0.4) is 0 Å². The summed E-state index contributed by atoms with van der Waals surface area (Å²) in [7, 11) is 8.50. The van der Waals surface area contributed by atoms with Crippen molar-refractivity contribution in [3.8, 4) is 0 Å². The van der Waals surface area contributed by atoms with Crippen molar-refractivity contribution < 1.29 is 4.74 Å². The molecule has 4 aromatic rings. The van der Waals surface area contributed by atoms with Gasteiger partial charge in [0.1, 0.15) is 6.10 Å². The molecule has 0 aromatic heterocycles. The summed E-state index contributed by atoms with van der Waals surface area (Å²) in [6, 6.07) is 38.5. The average molecular weight is 515 g/mol. The smallest absolute Gasteiger partial charge is 0.108 e. The van der Waals surface area contributed by atoms with Gasteiger partial charge in [-0.1, -0.05) is 115 Å². The zero-order valence-electron chi connectivity index (χ0n) is 23.4. The van der Waals surface area contributed by atoms with Crippen molar-refractivity contribution in [2.24, 2.45) is 0 Å². The molecule has 1 atom stereocenters. The average Bonchev–Trinajstić information content (AvgIpc) is 2.99. The highest BCUT2D eigenvalue weighted by Crippen LogP contribution is 2.48. The Balaban J connectivity index is 1.58. The highest BCUT2D eigenvalue weighted by Gasteiger charge is 2.38. The van der Waals surface area contributed by atoms with Crippen molar-refractivity contribution in [2.45, 2.75) is 24.5 Å². The van der Waals surface area contributed by atoms with Gasteiger partial charge in [-0.3, -0.25) is 0 Å². The molecule has 0 aliphatic heterocycles. The Morgan fingerprint density at radius 3 is 1.69 bits per heavy atom. The van der Waals surface area contributed by atoms with Gasteiger partial charge in [0.15, 0.2) is 0 Å². The maximum atomic E-state index is 6.62. The van der Waals surface area contributed by atoms with Gasteiger partial charge in [0.05, 0.1) is 6.61 Å². The lowest BCUT2D eigenvalue weighted by Crippen LogP contribution is -2.31. The van der Waals surface area contributed by atoms with Crippen LogP contribution >= 0.6 is 0 Å². The maximum absolute atomic E-state index is 6.62. The normalized spacial score (nSPS) is 14.9. The van der Waals surface area contributed by atoms with E-state index in [4.69, 9.17) is 4.74 Å². The predicted molar refractivity (Wildman–Crippen MR) is 165 cm³/mol. The van der Waals surface area contributed by atoms with E-state index in [1.807, 2.05) is 6.07 Å². The maximum Gasteiger partial charge on any atom is 0.108 e. The molecular weight excluding hydrogens is 476 g/mol. The highest BCUT2D eigenvalue weighted by molar-refractivity contribution is 5.68. The first kappa shape index (κ1) is 26.5. The molecule has 39 heavy (non-hydrogen) atoms. The molecule has 4 aromatic carbocycles. The Labute approximate surface area is 233 Å². The molecule has 0 bridgehead atoms. The number of para-hydroxylation sites is 2. The van der Waals surface area contributed by atoms with Crippen molar-refractivity contribution in [3.63, 3.8) is 0 Å². The first-order valence-corrected chi connectivity index (χ1v) is 13.6. The van der Waals surface area contributed by atoms with E-state index in [1.165, 1.54) is 39.2 Å². The van der Waals surface area contributed by atoms with Crippen LogP contribution in [0.25, 0.3) is 0 Å². The number of benzene rings is 4. The lowest BCUT2D eigenvalue weighted by atomic mass is 9.67. The van der Waals surface area contributed by atoms with E-state index in [1.54, 1.807) is 0 Å². The molecule has 1 unspecified atom stereocenters. The fourth-order valence-corrected chi connectivity index (χ4v) is 5.64. The number of rotatable bonds is 9. The second-order valence-corrected chi connectivity index (χ2v) is 10.6. The zero-order chi connectivity index (χ0) is 27.2. The van der Waals surface area contributed by atoms with E-state index in [-0.39, 0.29) is 11.5 Å². The van der Waals surface area contributed by atoms with Crippen LogP contribution in [-0.2, 0) is 16.8 Å². The lowest BCUT2D eigenvalue weighted by molar-refractivity contribution is 0.0657. The van der Waals surface area contributed by atoms with E-state index in [0.29, 0.717) is 6.61 Å². The molecule has 0 heterocycles. The largest absolute Gasteiger partial charge is 0.377 e. The Bertz CT molecular complexity index is 1390. The summed E-state index contributed by atoms with van der Waals surface area (Å²) in [4.78, 5) is 4.44. The highest BCUT2D eigenvalue weighted by atomic mass is 16.5. The van der Waals surface area contributed by atoms with E-state index >= 15 is 0 Å². The summed E-state index contributed by atoms with van der Waals surface area (Å²) in [5.74, 6) is 0. The van der Waals surface area contributed by atoms with Crippen LogP contribution < -0.4 is 9.80 Å². The van der Waals surface area contributed by atoms with Gasteiger partial charge >= 0.3 is 0 Å². The van der Waals surface area contributed by atoms with Crippen molar-refractivity contribution in [1.29, 1.82) is 0 Å². The first-order valence-electron chi connectivity index (χ1n) is 13.6. The van der Waals surface area contributed by atoms with E-state index in [2.05, 4.69) is 159 Å². The van der Waals surface area contributed by atoms with Crippen molar-refractivity contribution >= 4 is 11.4 Å². The molecule has 198 valence electrons. The van der Waals surface area contributed by atoms with Crippen LogP contribution in [0.5, 0.6) is 0 Å². The number of allylic oxidation sites excluding steroid dienone is 2. The molecule has 1 aliphatic rings. The molecule has 3 nitrogen and oxygen atoms in total. The molecule has 3 heteroatoms. The Kier molecular flexibility index (Phi) is 7.99. The fraction of sp³-hybridized carbons (Fsp3) is 0.222. The fourth-order valence-electron chi connectivity index (χ4n) is 5.64. The SMILES string of the molecule is CN(C)c1ccccc1C1(c2ccccc2N(C)C)C=CC(C(OCc2ccccc2)c2ccccc2)=CC1. The van der Waals surface area contributed by atoms with Crippen LogP contribution in [-0.4, -0.2) is 28.2 Å². The molecule has 1 aliphatic carbocycles. The molecule has 0 fully saturated rings. The zero-order valence-corrected chi connectivity index (χ0v) is 23.4. The summed E-state index contributed by atoms with van der Waals surface area (Å²) in [6.07, 6.45) is 7.79. The minimum atomic E-state index is -0.314. The molecule has 5 rings (SSSR count). The van der Waals surface area contributed by atoms with Gasteiger partial charge in [-0.05, 0) is 46.4 Å². The van der Waals surface area contributed by atoms with Gasteiger partial charge in [0.2, 0.25) is 0 Å². The third-order valence-corrected chi connectivity index (χ3v) is 7.62. The lowest BCUT2D eigenvalue weighted by Gasteiger charge is -2.39. The summed E-state index contributed by atoms with van der Waals surface area (Å²) < 4.78 is 6.62. The summed E-state index contributed by atoms with van der Waals surface area (Å²) in [6.45, 7) is 0.559. The van der Waals surface area contributed by atoms with Gasteiger partial charge in [-0.15, -0.1) is 0 Å². The standard InChI is InChI=1S/C36H38N2O/c1-37(2)33-21-13-11-19-31(33)36(32-20-12-14-22-34(32)38(3)4)25-23-30(24-26-36)35(29-17-9-6-10-18-29)39-27-28-15-7-5-8-16-28/h5-25,35H,26-27H2,1-4H3. The second kappa shape index (κ2) is 11.8. The van der Waals surface area contributed by atoms with Crippen LogP contribution in [0, 0.1) is 0 Å². The minimum absolute atomic E-state index is 0.145. The quantitative estimate of drug-likeness (QED) is 0.225. The number of ether oxygens (including phenoxy) is 1. The molecule has 0 N–H and O–H groups in total.